The van der Waals surface area contributed by atoms with Crippen LogP contribution in [-0.4, -0.2) is 103 Å². The van der Waals surface area contributed by atoms with Crippen molar-refractivity contribution in [2.24, 2.45) is 21.7 Å². The Morgan fingerprint density at radius 1 is 0.600 bits per heavy atom. The minimum absolute atomic E-state index is 0.0628. The first-order valence-electron chi connectivity index (χ1n) is 29.1. The van der Waals surface area contributed by atoms with Crippen molar-refractivity contribution in [3.8, 4) is 0 Å². The topological polar surface area (TPSA) is 56.3 Å². The number of carbonyl (C=O) groups is 2. The maximum atomic E-state index is 12.9. The Balaban J connectivity index is 0.000000173. The number of hydrogen-bond donors (Lipinski definition) is 0. The molecule has 0 radical (unpaired) electrons. The molecule has 80 heavy (non-hydrogen) atoms. The molecule has 5 aliphatic rings. The van der Waals surface area contributed by atoms with Gasteiger partial charge in [-0.2, -0.15) is 26.3 Å². The maximum absolute atomic E-state index is 12.9. The first kappa shape index (κ1) is 64.4. The van der Waals surface area contributed by atoms with Gasteiger partial charge in [0.2, 0.25) is 5.91 Å². The van der Waals surface area contributed by atoms with E-state index in [1.54, 1.807) is 35.3 Å². The molecule has 0 bridgehead atoms. The van der Waals surface area contributed by atoms with Crippen LogP contribution < -0.4 is 0 Å². The highest BCUT2D eigenvalue weighted by atomic mass is 19.4. The zero-order valence-electron chi connectivity index (χ0n) is 51.0. The number of halogens is 6. The van der Waals surface area contributed by atoms with Crippen LogP contribution in [0.1, 0.15) is 208 Å². The van der Waals surface area contributed by atoms with E-state index < -0.39 is 31.3 Å². The van der Waals surface area contributed by atoms with Crippen LogP contribution >= 0.6 is 0 Å². The molecule has 1 saturated carbocycles. The molecule has 442 valence electrons. The molecule has 1 spiro atoms. The Morgan fingerprint density at radius 2 is 1.11 bits per heavy atom. The van der Waals surface area contributed by atoms with Gasteiger partial charge < -0.3 is 14.5 Å². The molecule has 0 aromatic heterocycles. The monoisotopic (exact) mass is 1120 g/mol. The van der Waals surface area contributed by atoms with Crippen LogP contribution in [0.5, 0.6) is 0 Å². The average Bonchev–Trinajstić information content (AvgIpc) is 4.29. The fourth-order valence-corrected chi connectivity index (χ4v) is 12.8. The number of fused-ring (bicyclic) bond motifs is 5. The Bertz CT molecular complexity index is 2720. The van der Waals surface area contributed by atoms with Crippen LogP contribution in [0.15, 0.2) is 91.0 Å². The number of amides is 2. The van der Waals surface area contributed by atoms with Crippen LogP contribution in [0.3, 0.4) is 0 Å². The number of likely N-dealkylation sites (N-methyl/N-ethyl adjacent to an activating group) is 1. The zero-order valence-corrected chi connectivity index (χ0v) is 51.0. The van der Waals surface area contributed by atoms with Gasteiger partial charge in [-0.3, -0.25) is 19.4 Å². The molecule has 5 atom stereocenters. The molecule has 4 aromatic rings. The van der Waals surface area contributed by atoms with E-state index in [1.165, 1.54) is 37.1 Å². The lowest BCUT2D eigenvalue weighted by atomic mass is 9.71. The summed E-state index contributed by atoms with van der Waals surface area (Å²) >= 11 is 0. The van der Waals surface area contributed by atoms with Gasteiger partial charge in [0.15, 0.2) is 0 Å². The lowest BCUT2D eigenvalue weighted by Crippen LogP contribution is -2.47. The molecule has 5 unspecified atom stereocenters. The molecule has 0 saturated heterocycles. The zero-order chi connectivity index (χ0) is 59.6. The molecule has 13 heteroatoms. The van der Waals surface area contributed by atoms with Gasteiger partial charge in [-0.25, -0.2) is 0 Å². The standard InChI is InChI=1S/C18H26F3NO.C17H25NO.C17H25N.C15H18F3NO/c1-12-14-7-6-13(10-23-5)8-15(14)16(17(2,3)4)9-22(12)11-18(19,20)21;1-5-16(19)18-11-10-13-8-6-7-9-14(13)15(12-18)17(2,3)4;1-5-18-12-15(16(2,3)4)13-8-6-7-9-14(13)17(18)10-11-17;1-14(2,3)12-8-19(9-15(16,17)18)13(20)11-7-5-4-6-10(11)12/h6-8,12,16H,9-11H2,1-5H3;6-9,15H,5,10-12H2,1-4H3;6-9,15H,5,10-12H2,1-4H3;4-7,12H,8-9H2,1-3H3. The van der Waals surface area contributed by atoms with Crippen molar-refractivity contribution in [3.05, 3.63) is 141 Å². The lowest BCUT2D eigenvalue weighted by Gasteiger charge is -2.46. The van der Waals surface area contributed by atoms with Crippen molar-refractivity contribution in [3.63, 3.8) is 0 Å². The number of benzene rings is 4. The third kappa shape index (κ3) is 15.7. The smallest absolute Gasteiger partial charge is 0.380 e. The van der Waals surface area contributed by atoms with Crippen molar-refractivity contribution in [2.75, 3.05) is 59.5 Å². The van der Waals surface area contributed by atoms with Gasteiger partial charge in [-0.1, -0.05) is 182 Å². The van der Waals surface area contributed by atoms with E-state index in [0.29, 0.717) is 47.9 Å². The second kappa shape index (κ2) is 25.0. The first-order valence-corrected chi connectivity index (χ1v) is 29.1. The molecular weight excluding hydrogens is 1020 g/mol. The van der Waals surface area contributed by atoms with Gasteiger partial charge in [0.05, 0.1) is 13.2 Å². The number of carbonyl (C=O) groups excluding carboxylic acids is 2. The first-order chi connectivity index (χ1) is 37.0. The van der Waals surface area contributed by atoms with Crippen molar-refractivity contribution >= 4 is 11.8 Å². The third-order valence-corrected chi connectivity index (χ3v) is 17.5. The molecule has 2 amide bonds. The molecule has 1 aliphatic carbocycles. The molecule has 4 aromatic carbocycles. The van der Waals surface area contributed by atoms with E-state index in [1.807, 2.05) is 58.9 Å². The minimum atomic E-state index is -4.37. The van der Waals surface area contributed by atoms with E-state index in [9.17, 15) is 35.9 Å². The number of nitrogens with zero attached hydrogens (tertiary/aromatic N) is 4. The number of hydrogen-bond acceptors (Lipinski definition) is 5. The minimum Gasteiger partial charge on any atom is -0.380 e. The molecule has 4 aliphatic heterocycles. The van der Waals surface area contributed by atoms with E-state index >= 15 is 0 Å². The van der Waals surface area contributed by atoms with Gasteiger partial charge in [0, 0.05) is 87.1 Å². The van der Waals surface area contributed by atoms with E-state index in [4.69, 9.17) is 4.74 Å². The van der Waals surface area contributed by atoms with Crippen LogP contribution in [0.25, 0.3) is 0 Å². The van der Waals surface area contributed by atoms with Gasteiger partial charge >= 0.3 is 12.4 Å². The van der Waals surface area contributed by atoms with Crippen LogP contribution in [0.4, 0.5) is 26.3 Å². The number of rotatable bonds is 6. The quantitative estimate of drug-likeness (QED) is 0.180. The fraction of sp³-hybridized carbons (Fsp3) is 0.612. The van der Waals surface area contributed by atoms with Crippen LogP contribution in [-0.2, 0) is 28.1 Å². The number of alkyl halides is 6. The summed E-state index contributed by atoms with van der Waals surface area (Å²) in [4.78, 5) is 31.5. The summed E-state index contributed by atoms with van der Waals surface area (Å²) in [5.74, 6) is 0.800. The van der Waals surface area contributed by atoms with Crippen LogP contribution in [0.2, 0.25) is 0 Å². The summed E-state index contributed by atoms with van der Waals surface area (Å²) in [5.41, 5.74) is 11.2. The predicted molar refractivity (Wildman–Crippen MR) is 312 cm³/mol. The summed E-state index contributed by atoms with van der Waals surface area (Å²) in [5, 5.41) is 0. The van der Waals surface area contributed by atoms with Crippen molar-refractivity contribution in [1.29, 1.82) is 0 Å². The summed E-state index contributed by atoms with van der Waals surface area (Å²) < 4.78 is 81.8. The molecule has 4 heterocycles. The highest BCUT2D eigenvalue weighted by molar-refractivity contribution is 5.97. The van der Waals surface area contributed by atoms with E-state index in [2.05, 4.69) is 134 Å². The van der Waals surface area contributed by atoms with Gasteiger partial charge in [-0.05, 0) is 105 Å². The summed E-state index contributed by atoms with van der Waals surface area (Å²) in [6.07, 6.45) is -4.25. The Morgan fingerprint density at radius 3 is 1.65 bits per heavy atom. The molecule has 7 nitrogen and oxygen atoms in total. The normalized spacial score (nSPS) is 22.2. The van der Waals surface area contributed by atoms with E-state index in [0.717, 1.165) is 46.7 Å². The Labute approximate surface area is 476 Å². The highest BCUT2D eigenvalue weighted by Crippen LogP contribution is 2.58. The van der Waals surface area contributed by atoms with Crippen molar-refractivity contribution < 1.29 is 40.7 Å². The highest BCUT2D eigenvalue weighted by Gasteiger charge is 2.54. The number of ether oxygens (including phenoxy) is 1. The molecule has 1 fully saturated rings. The Hall–Kier alpha value is -4.72. The van der Waals surface area contributed by atoms with Gasteiger partial charge in [-0.15, -0.1) is 0 Å². The summed E-state index contributed by atoms with van der Waals surface area (Å²) in [6.45, 7) is 35.4. The third-order valence-electron chi connectivity index (χ3n) is 17.5. The predicted octanol–water partition coefficient (Wildman–Crippen LogP) is 16.5. The second-order valence-corrected chi connectivity index (χ2v) is 27.5. The van der Waals surface area contributed by atoms with Crippen molar-refractivity contribution in [1.82, 2.24) is 19.6 Å². The molecule has 0 N–H and O–H groups in total. The van der Waals surface area contributed by atoms with Crippen LogP contribution in [0, 0.1) is 21.7 Å². The summed E-state index contributed by atoms with van der Waals surface area (Å²) in [7, 11) is 1.65. The van der Waals surface area contributed by atoms with Gasteiger partial charge in [0.1, 0.15) is 6.54 Å². The molecular formula is C67H94F6N4O3. The summed E-state index contributed by atoms with van der Waals surface area (Å²) in [6, 6.07) is 30.6. The number of methoxy groups -OCH3 is 1. The Kier molecular flexibility index (Phi) is 20.2. The lowest BCUT2D eigenvalue weighted by molar-refractivity contribution is -0.153. The fourth-order valence-electron chi connectivity index (χ4n) is 12.8. The maximum Gasteiger partial charge on any atom is 0.406 e. The largest absolute Gasteiger partial charge is 0.406 e. The second-order valence-electron chi connectivity index (χ2n) is 27.5. The SMILES string of the molecule is CC(C)(C)C1CN(CC(F)(F)F)C(=O)c2ccccc21.CCC(=O)N1CCc2ccccc2C(C(C)(C)C)C1.CCN1CC(C(C)(C)C)c2ccccc2C12CC2.COCc1ccc2c(c1)C(C(C)(C)C)CN(CC(F)(F)F)C2C. The van der Waals surface area contributed by atoms with Gasteiger partial charge in [0.25, 0.3) is 5.91 Å². The van der Waals surface area contributed by atoms with E-state index in [-0.39, 0.29) is 46.6 Å². The molecule has 9 rings (SSSR count). The van der Waals surface area contributed by atoms with Crippen molar-refractivity contribution in [2.45, 2.75) is 184 Å². The average molecular weight is 1120 g/mol.